The highest BCUT2D eigenvalue weighted by Gasteiger charge is 2.48. The zero-order valence-electron chi connectivity index (χ0n) is 10.2. The minimum Gasteiger partial charge on any atom is -0.481 e. The van der Waals surface area contributed by atoms with Gasteiger partial charge in [0.25, 0.3) is 0 Å². The Morgan fingerprint density at radius 1 is 1.20 bits per heavy atom. The van der Waals surface area contributed by atoms with Crippen LogP contribution in [0, 0.1) is 11.8 Å². The average Bonchev–Trinajstić information content (AvgIpc) is 3.20. The summed E-state index contributed by atoms with van der Waals surface area (Å²) in [6, 6.07) is 7.14. The summed E-state index contributed by atoms with van der Waals surface area (Å²) in [6.07, 6.45) is 0.347. The molecule has 1 aromatic carbocycles. The van der Waals surface area contributed by atoms with Crippen LogP contribution in [0.5, 0.6) is 0 Å². The van der Waals surface area contributed by atoms with Gasteiger partial charge in [-0.05, 0) is 18.6 Å². The number of carbonyl (C=O) groups excluding carboxylic acids is 1. The first-order valence-corrected chi connectivity index (χ1v) is 6.40. The van der Waals surface area contributed by atoms with E-state index in [1.54, 1.807) is 18.2 Å². The Morgan fingerprint density at radius 3 is 2.45 bits per heavy atom. The molecule has 2 atom stereocenters. The van der Waals surface area contributed by atoms with Crippen molar-refractivity contribution in [1.29, 1.82) is 0 Å². The molecular formula is C13H10ClN3O3. The number of aromatic nitrogens is 2. The van der Waals surface area contributed by atoms with E-state index in [1.165, 1.54) is 0 Å². The zero-order valence-corrected chi connectivity index (χ0v) is 11.0. The van der Waals surface area contributed by atoms with Gasteiger partial charge in [0.1, 0.15) is 0 Å². The van der Waals surface area contributed by atoms with Crippen LogP contribution < -0.4 is 5.32 Å². The van der Waals surface area contributed by atoms with E-state index >= 15 is 0 Å². The summed E-state index contributed by atoms with van der Waals surface area (Å²) in [4.78, 5) is 31.0. The van der Waals surface area contributed by atoms with Crippen molar-refractivity contribution in [3.05, 3.63) is 29.4 Å². The van der Waals surface area contributed by atoms with Crippen LogP contribution in [0.15, 0.2) is 24.3 Å². The topological polar surface area (TPSA) is 92.2 Å². The number of hydrogen-bond acceptors (Lipinski definition) is 4. The minimum atomic E-state index is -0.958. The third-order valence-electron chi connectivity index (χ3n) is 3.21. The van der Waals surface area contributed by atoms with E-state index < -0.39 is 17.8 Å². The van der Waals surface area contributed by atoms with Crippen molar-refractivity contribution in [3.63, 3.8) is 0 Å². The first-order valence-electron chi connectivity index (χ1n) is 6.02. The van der Waals surface area contributed by atoms with Crippen LogP contribution in [0.4, 0.5) is 5.82 Å². The summed E-state index contributed by atoms with van der Waals surface area (Å²) in [6.45, 7) is 0. The largest absolute Gasteiger partial charge is 0.481 e. The summed E-state index contributed by atoms with van der Waals surface area (Å²) in [7, 11) is 0. The number of anilines is 1. The maximum atomic E-state index is 11.9. The number of hydrogen-bond donors (Lipinski definition) is 2. The molecule has 1 aliphatic rings. The van der Waals surface area contributed by atoms with Crippen molar-refractivity contribution < 1.29 is 14.7 Å². The lowest BCUT2D eigenvalue weighted by atomic mass is 10.3. The lowest BCUT2D eigenvalue weighted by Gasteiger charge is -2.06. The predicted molar refractivity (Wildman–Crippen MR) is 72.4 cm³/mol. The number of amides is 1. The maximum absolute atomic E-state index is 11.9. The molecule has 20 heavy (non-hydrogen) atoms. The quantitative estimate of drug-likeness (QED) is 0.901. The van der Waals surface area contributed by atoms with Gasteiger partial charge >= 0.3 is 5.97 Å². The lowest BCUT2D eigenvalue weighted by molar-refractivity contribution is -0.139. The Labute approximate surface area is 118 Å². The molecule has 2 N–H and O–H groups in total. The van der Waals surface area contributed by atoms with Crippen molar-refractivity contribution in [1.82, 2.24) is 9.97 Å². The molecular weight excluding hydrogens is 282 g/mol. The number of benzene rings is 1. The van der Waals surface area contributed by atoms with E-state index in [-0.39, 0.29) is 16.9 Å². The molecule has 3 rings (SSSR count). The van der Waals surface area contributed by atoms with Crippen LogP contribution >= 0.6 is 11.6 Å². The second-order valence-corrected chi connectivity index (χ2v) is 4.99. The molecule has 0 aliphatic heterocycles. The number of fused-ring (bicyclic) bond motifs is 1. The summed E-state index contributed by atoms with van der Waals surface area (Å²) in [5.74, 6) is -2.31. The van der Waals surface area contributed by atoms with Gasteiger partial charge in [-0.3, -0.25) is 9.59 Å². The fourth-order valence-electron chi connectivity index (χ4n) is 2.03. The standard InChI is InChI=1S/C13H10ClN3O3/c14-10-11(16-9-4-2-1-3-8(9)15-10)17-12(18)6-5-7(6)13(19)20/h1-4,6-7H,5H2,(H,19,20)(H,16,17,18)/t6-,7+/m1/s1. The van der Waals surface area contributed by atoms with E-state index in [4.69, 9.17) is 16.7 Å². The van der Waals surface area contributed by atoms with Gasteiger partial charge in [-0.15, -0.1) is 0 Å². The number of nitrogens with one attached hydrogen (secondary N) is 1. The minimum absolute atomic E-state index is 0.0876. The Bertz CT molecular complexity index is 719. The van der Waals surface area contributed by atoms with E-state index in [0.29, 0.717) is 17.5 Å². The Kier molecular flexibility index (Phi) is 3.02. The van der Waals surface area contributed by atoms with Gasteiger partial charge < -0.3 is 10.4 Å². The van der Waals surface area contributed by atoms with Crippen molar-refractivity contribution in [2.24, 2.45) is 11.8 Å². The second kappa shape index (κ2) is 4.72. The van der Waals surface area contributed by atoms with Crippen LogP contribution in [-0.4, -0.2) is 27.0 Å². The Hall–Kier alpha value is -2.21. The van der Waals surface area contributed by atoms with Gasteiger partial charge in [-0.2, -0.15) is 0 Å². The lowest BCUT2D eigenvalue weighted by Crippen LogP contribution is -2.18. The van der Waals surface area contributed by atoms with Crippen LogP contribution in [0.3, 0.4) is 0 Å². The van der Waals surface area contributed by atoms with E-state index in [9.17, 15) is 9.59 Å². The molecule has 102 valence electrons. The summed E-state index contributed by atoms with van der Waals surface area (Å²) >= 11 is 5.97. The summed E-state index contributed by atoms with van der Waals surface area (Å²) < 4.78 is 0. The Morgan fingerprint density at radius 2 is 1.85 bits per heavy atom. The maximum Gasteiger partial charge on any atom is 0.307 e. The van der Waals surface area contributed by atoms with Crippen LogP contribution in [0.1, 0.15) is 6.42 Å². The molecule has 0 unspecified atom stereocenters. The van der Waals surface area contributed by atoms with Gasteiger partial charge in [0.2, 0.25) is 5.91 Å². The summed E-state index contributed by atoms with van der Waals surface area (Å²) in [5, 5.41) is 11.4. The zero-order chi connectivity index (χ0) is 14.3. The fourth-order valence-corrected chi connectivity index (χ4v) is 2.21. The van der Waals surface area contributed by atoms with E-state index in [2.05, 4.69) is 15.3 Å². The normalized spacial score (nSPS) is 20.6. The van der Waals surface area contributed by atoms with Crippen LogP contribution in [-0.2, 0) is 9.59 Å². The predicted octanol–water partition coefficient (Wildman–Crippen LogP) is 1.94. The highest BCUT2D eigenvalue weighted by Crippen LogP contribution is 2.39. The first-order chi connectivity index (χ1) is 9.56. The number of para-hydroxylation sites is 2. The number of carboxylic acids is 1. The van der Waals surface area contributed by atoms with Crippen molar-refractivity contribution in [3.8, 4) is 0 Å². The number of rotatable bonds is 3. The molecule has 7 heteroatoms. The second-order valence-electron chi connectivity index (χ2n) is 4.63. The summed E-state index contributed by atoms with van der Waals surface area (Å²) in [5.41, 5.74) is 1.24. The molecule has 1 aromatic heterocycles. The molecule has 1 amide bonds. The smallest absolute Gasteiger partial charge is 0.307 e. The van der Waals surface area contributed by atoms with Gasteiger partial charge in [0.15, 0.2) is 11.0 Å². The third-order valence-corrected chi connectivity index (χ3v) is 3.48. The molecule has 6 nitrogen and oxygen atoms in total. The SMILES string of the molecule is O=C(O)[C@H]1C[C@H]1C(=O)Nc1nc2ccccc2nc1Cl. The number of nitrogens with zero attached hydrogens (tertiary/aromatic N) is 2. The molecule has 0 bridgehead atoms. The van der Waals surface area contributed by atoms with Gasteiger partial charge in [-0.25, -0.2) is 9.97 Å². The molecule has 0 saturated heterocycles. The van der Waals surface area contributed by atoms with Crippen molar-refractivity contribution >= 4 is 40.3 Å². The molecule has 1 saturated carbocycles. The average molecular weight is 292 g/mol. The first kappa shape index (κ1) is 12.8. The molecule has 1 fully saturated rings. The van der Waals surface area contributed by atoms with E-state index in [1.807, 2.05) is 6.07 Å². The van der Waals surface area contributed by atoms with Gasteiger partial charge in [0.05, 0.1) is 22.9 Å². The molecule has 1 heterocycles. The third kappa shape index (κ3) is 2.30. The monoisotopic (exact) mass is 291 g/mol. The Balaban J connectivity index is 1.82. The highest BCUT2D eigenvalue weighted by molar-refractivity contribution is 6.32. The van der Waals surface area contributed by atoms with E-state index in [0.717, 1.165) is 0 Å². The number of carbonyl (C=O) groups is 2. The molecule has 0 spiro atoms. The number of carboxylic acid groups (broad SMARTS) is 1. The number of halogens is 1. The van der Waals surface area contributed by atoms with Crippen molar-refractivity contribution in [2.75, 3.05) is 5.32 Å². The number of aliphatic carboxylic acids is 1. The highest BCUT2D eigenvalue weighted by atomic mass is 35.5. The van der Waals surface area contributed by atoms with Crippen LogP contribution in [0.25, 0.3) is 11.0 Å². The molecule has 2 aromatic rings. The fraction of sp³-hybridized carbons (Fsp3) is 0.231. The molecule has 0 radical (unpaired) electrons. The van der Waals surface area contributed by atoms with Crippen LogP contribution in [0.2, 0.25) is 5.15 Å². The van der Waals surface area contributed by atoms with Crippen molar-refractivity contribution in [2.45, 2.75) is 6.42 Å². The van der Waals surface area contributed by atoms with Gasteiger partial charge in [-0.1, -0.05) is 23.7 Å². The van der Waals surface area contributed by atoms with Gasteiger partial charge in [0, 0.05) is 0 Å². The molecule has 1 aliphatic carbocycles.